The Labute approximate surface area is 186 Å². The zero-order valence-electron chi connectivity index (χ0n) is 18.3. The number of hydrogen-bond donors (Lipinski definition) is 0. The number of aryl methyl sites for hydroxylation is 2. The summed E-state index contributed by atoms with van der Waals surface area (Å²) in [6.07, 6.45) is 6.11. The lowest BCUT2D eigenvalue weighted by atomic mass is 10.0. The highest BCUT2D eigenvalue weighted by molar-refractivity contribution is 5.94. The van der Waals surface area contributed by atoms with Crippen molar-refractivity contribution in [1.82, 2.24) is 19.7 Å². The Bertz CT molecular complexity index is 1140. The highest BCUT2D eigenvalue weighted by Crippen LogP contribution is 2.31. The molecular formula is C24H26FN5O2. The lowest BCUT2D eigenvalue weighted by molar-refractivity contribution is -0.118. The van der Waals surface area contributed by atoms with Crippen molar-refractivity contribution in [3.63, 3.8) is 0 Å². The fourth-order valence-corrected chi connectivity index (χ4v) is 4.11. The zero-order chi connectivity index (χ0) is 22.7. The second kappa shape index (κ2) is 9.38. The van der Waals surface area contributed by atoms with E-state index in [2.05, 4.69) is 15.1 Å². The van der Waals surface area contributed by atoms with E-state index >= 15 is 0 Å². The Kier molecular flexibility index (Phi) is 6.39. The summed E-state index contributed by atoms with van der Waals surface area (Å²) >= 11 is 0. The van der Waals surface area contributed by atoms with E-state index < -0.39 is 0 Å². The van der Waals surface area contributed by atoms with Crippen LogP contribution < -0.4 is 4.90 Å². The van der Waals surface area contributed by atoms with Crippen LogP contribution in [0.15, 0.2) is 42.6 Å². The third-order valence-corrected chi connectivity index (χ3v) is 5.88. The van der Waals surface area contributed by atoms with Gasteiger partial charge >= 0.3 is 0 Å². The maximum Gasteiger partial charge on any atom is 0.226 e. The lowest BCUT2D eigenvalue weighted by Crippen LogP contribution is -2.25. The number of benzene rings is 1. The largest absolute Gasteiger partial charge is 0.314 e. The molecule has 166 valence electrons. The van der Waals surface area contributed by atoms with Crippen LogP contribution in [0.25, 0.3) is 0 Å². The van der Waals surface area contributed by atoms with E-state index in [0.29, 0.717) is 18.4 Å². The number of carbonyl (C=O) groups excluding carboxylic acids is 2. The number of hydrogen-bond acceptors (Lipinski definition) is 5. The first-order valence-corrected chi connectivity index (χ1v) is 10.9. The van der Waals surface area contributed by atoms with Crippen LogP contribution in [0.1, 0.15) is 66.3 Å². The quantitative estimate of drug-likeness (QED) is 0.583. The van der Waals surface area contributed by atoms with Crippen molar-refractivity contribution in [3.05, 3.63) is 71.3 Å². The Morgan fingerprint density at radius 3 is 2.75 bits per heavy atom. The van der Waals surface area contributed by atoms with E-state index in [1.165, 1.54) is 6.07 Å². The first kappa shape index (κ1) is 21.8. The average Bonchev–Trinajstić information content (AvgIpc) is 3.36. The number of aromatic nitrogens is 4. The first-order valence-electron chi connectivity index (χ1n) is 10.9. The van der Waals surface area contributed by atoms with Crippen LogP contribution in [0, 0.1) is 5.82 Å². The molecule has 1 unspecified atom stereocenters. The molecule has 5 rings (SSSR count). The van der Waals surface area contributed by atoms with Gasteiger partial charge in [-0.05, 0) is 37.5 Å². The number of carbonyl (C=O) groups is 2. The molecular weight excluding hydrogens is 409 g/mol. The summed E-state index contributed by atoms with van der Waals surface area (Å²) in [5.74, 6) is 0.892. The Morgan fingerprint density at radius 2 is 1.97 bits per heavy atom. The molecule has 1 atom stereocenters. The molecule has 0 spiro atoms. The van der Waals surface area contributed by atoms with Crippen molar-refractivity contribution >= 4 is 17.4 Å². The molecule has 3 aromatic rings. The van der Waals surface area contributed by atoms with Crippen molar-refractivity contribution in [2.45, 2.75) is 51.5 Å². The van der Waals surface area contributed by atoms with Gasteiger partial charge in [0.05, 0.1) is 17.4 Å². The van der Waals surface area contributed by atoms with Crippen molar-refractivity contribution in [3.8, 4) is 0 Å². The summed E-state index contributed by atoms with van der Waals surface area (Å²) in [6, 6.07) is 10.4. The Morgan fingerprint density at radius 1 is 1.16 bits per heavy atom. The fourth-order valence-electron chi connectivity index (χ4n) is 4.11. The highest BCUT2D eigenvalue weighted by atomic mass is 19.1. The van der Waals surface area contributed by atoms with Gasteiger partial charge in [-0.15, -0.1) is 5.10 Å². The predicted octanol–water partition coefficient (Wildman–Crippen LogP) is 3.93. The van der Waals surface area contributed by atoms with Gasteiger partial charge in [-0.3, -0.25) is 14.6 Å². The monoisotopic (exact) mass is 435 g/mol. The first-order chi connectivity index (χ1) is 15.5. The molecule has 2 aliphatic heterocycles. The molecule has 0 saturated heterocycles. The van der Waals surface area contributed by atoms with Crippen LogP contribution >= 0.6 is 0 Å². The molecule has 8 heteroatoms. The lowest BCUT2D eigenvalue weighted by Gasteiger charge is -2.15. The van der Waals surface area contributed by atoms with Crippen LogP contribution in [-0.4, -0.2) is 38.5 Å². The van der Waals surface area contributed by atoms with Gasteiger partial charge in [0, 0.05) is 38.1 Å². The topological polar surface area (TPSA) is 81.0 Å². The van der Waals surface area contributed by atoms with Gasteiger partial charge in [0.15, 0.2) is 0 Å². The van der Waals surface area contributed by atoms with Crippen molar-refractivity contribution < 1.29 is 14.0 Å². The standard InChI is InChI=1S/C14H14FN3O.C10H12N2O/c1-2-12(19)14-16-13-8-7-11(18(13)17-14)9-5-3-4-6-10(9)15;1-12-9-5-3-7-11-8(9)4-2-6-10(12)13/h3-6,11H,2,7-8H2,1H3;3,5,7H,2,4,6H2,1H3. The van der Waals surface area contributed by atoms with E-state index in [1.54, 1.807) is 34.8 Å². The molecule has 32 heavy (non-hydrogen) atoms. The number of rotatable bonds is 3. The smallest absolute Gasteiger partial charge is 0.226 e. The summed E-state index contributed by atoms with van der Waals surface area (Å²) in [6.45, 7) is 1.78. The molecule has 0 bridgehead atoms. The Balaban J connectivity index is 0.000000165. The molecule has 0 N–H and O–H groups in total. The Hall–Kier alpha value is -3.42. The number of pyridine rings is 1. The fraction of sp³-hybridized carbons (Fsp3) is 0.375. The third-order valence-electron chi connectivity index (χ3n) is 5.88. The minimum atomic E-state index is -0.237. The average molecular weight is 436 g/mol. The van der Waals surface area contributed by atoms with Gasteiger partial charge in [0.25, 0.3) is 0 Å². The molecule has 0 aliphatic carbocycles. The van der Waals surface area contributed by atoms with Crippen LogP contribution in [0.3, 0.4) is 0 Å². The predicted molar refractivity (Wildman–Crippen MR) is 118 cm³/mol. The van der Waals surface area contributed by atoms with Crippen LogP contribution in [0.5, 0.6) is 0 Å². The number of nitrogens with zero attached hydrogens (tertiary/aromatic N) is 5. The second-order valence-corrected chi connectivity index (χ2v) is 7.92. The molecule has 0 radical (unpaired) electrons. The number of Topliss-reactive ketones (excluding diaryl/α,β-unsaturated/α-hetero) is 1. The maximum atomic E-state index is 13.8. The van der Waals surface area contributed by atoms with Gasteiger partial charge in [-0.25, -0.2) is 14.1 Å². The van der Waals surface area contributed by atoms with Gasteiger partial charge in [0.1, 0.15) is 11.6 Å². The number of amides is 1. The van der Waals surface area contributed by atoms with E-state index in [1.807, 2.05) is 25.2 Å². The molecule has 2 aromatic heterocycles. The van der Waals surface area contributed by atoms with E-state index in [0.717, 1.165) is 42.9 Å². The van der Waals surface area contributed by atoms with Crippen molar-refractivity contribution in [2.75, 3.05) is 11.9 Å². The van der Waals surface area contributed by atoms with Gasteiger partial charge in [-0.1, -0.05) is 25.1 Å². The normalized spacial score (nSPS) is 17.2. The number of halogens is 1. The molecule has 2 aliphatic rings. The van der Waals surface area contributed by atoms with Crippen LogP contribution in [0.4, 0.5) is 10.1 Å². The highest BCUT2D eigenvalue weighted by Gasteiger charge is 2.29. The molecule has 7 nitrogen and oxygen atoms in total. The minimum Gasteiger partial charge on any atom is -0.314 e. The molecule has 0 fully saturated rings. The second-order valence-electron chi connectivity index (χ2n) is 7.92. The van der Waals surface area contributed by atoms with Gasteiger partial charge < -0.3 is 4.90 Å². The SMILES string of the molecule is CCC(=O)c1nc2n(n1)C(c1ccccc1F)CC2.CN1C(=O)CCCc2ncccc21. The zero-order valence-corrected chi connectivity index (χ0v) is 18.3. The van der Waals surface area contributed by atoms with Gasteiger partial charge in [-0.2, -0.15) is 0 Å². The summed E-state index contributed by atoms with van der Waals surface area (Å²) in [5, 5.41) is 4.25. The molecule has 0 saturated carbocycles. The molecule has 1 aromatic carbocycles. The van der Waals surface area contributed by atoms with Crippen LogP contribution in [-0.2, 0) is 17.6 Å². The van der Waals surface area contributed by atoms with E-state index in [9.17, 15) is 14.0 Å². The summed E-state index contributed by atoms with van der Waals surface area (Å²) < 4.78 is 15.5. The third kappa shape index (κ3) is 4.30. The number of ketones is 1. The molecule has 1 amide bonds. The number of fused-ring (bicyclic) bond motifs is 2. The van der Waals surface area contributed by atoms with Crippen molar-refractivity contribution in [2.24, 2.45) is 0 Å². The van der Waals surface area contributed by atoms with Gasteiger partial charge in [0.2, 0.25) is 17.5 Å². The van der Waals surface area contributed by atoms with E-state index in [-0.39, 0.29) is 29.4 Å². The minimum absolute atomic E-state index is 0.0748. The summed E-state index contributed by atoms with van der Waals surface area (Å²) in [5.41, 5.74) is 2.61. The summed E-state index contributed by atoms with van der Waals surface area (Å²) in [7, 11) is 1.81. The summed E-state index contributed by atoms with van der Waals surface area (Å²) in [4.78, 5) is 33.3. The van der Waals surface area contributed by atoms with E-state index in [4.69, 9.17) is 0 Å². The molecule has 4 heterocycles. The van der Waals surface area contributed by atoms with Crippen molar-refractivity contribution in [1.29, 1.82) is 0 Å². The maximum absolute atomic E-state index is 13.8. The number of anilines is 1. The van der Waals surface area contributed by atoms with Crippen LogP contribution in [0.2, 0.25) is 0 Å².